The minimum absolute atomic E-state index is 0.113. The van der Waals surface area contributed by atoms with Crippen LogP contribution in [0.15, 0.2) is 24.4 Å². The maximum atomic E-state index is 12.1. The number of hydrogen-bond donors (Lipinski definition) is 2. The van der Waals surface area contributed by atoms with Crippen LogP contribution in [0.25, 0.3) is 10.9 Å². The van der Waals surface area contributed by atoms with E-state index in [9.17, 15) is 4.79 Å². The number of nitrogens with zero attached hydrogens (tertiary/aromatic N) is 3. The number of aryl methyl sites for hydroxylation is 1. The molecule has 2 N–H and O–H groups in total. The van der Waals surface area contributed by atoms with Gasteiger partial charge in [0.25, 0.3) is 0 Å². The molecule has 0 atom stereocenters. The van der Waals surface area contributed by atoms with Gasteiger partial charge in [0.1, 0.15) is 18.1 Å². The van der Waals surface area contributed by atoms with Gasteiger partial charge in [0, 0.05) is 35.1 Å². The van der Waals surface area contributed by atoms with Gasteiger partial charge in [-0.1, -0.05) is 18.5 Å². The Morgan fingerprint density at radius 3 is 2.92 bits per heavy atom. The molecule has 1 amide bonds. The average Bonchev–Trinajstić information content (AvgIpc) is 3.04. The van der Waals surface area contributed by atoms with Crippen LogP contribution in [0.2, 0.25) is 5.02 Å². The van der Waals surface area contributed by atoms with Gasteiger partial charge in [-0.3, -0.25) is 4.79 Å². The lowest BCUT2D eigenvalue weighted by atomic mass is 10.1. The zero-order valence-electron chi connectivity index (χ0n) is 14.7. The molecule has 0 spiro atoms. The highest BCUT2D eigenvalue weighted by Crippen LogP contribution is 2.45. The number of carbonyl (C=O) groups is 1. The van der Waals surface area contributed by atoms with E-state index in [1.165, 1.54) is 4.80 Å². The van der Waals surface area contributed by atoms with Crippen molar-refractivity contribution in [2.45, 2.75) is 32.9 Å². The van der Waals surface area contributed by atoms with Gasteiger partial charge in [-0.15, -0.1) is 0 Å². The van der Waals surface area contributed by atoms with Gasteiger partial charge in [0.05, 0.1) is 17.8 Å². The normalized spacial score (nSPS) is 15.2. The van der Waals surface area contributed by atoms with Gasteiger partial charge < -0.3 is 15.0 Å². The van der Waals surface area contributed by atoms with Crippen LogP contribution in [0.1, 0.15) is 31.2 Å². The number of fused-ring (bicyclic) bond motifs is 1. The zero-order valence-corrected chi connectivity index (χ0v) is 15.4. The summed E-state index contributed by atoms with van der Waals surface area (Å²) in [5.41, 5.74) is 2.40. The number of carbonyl (C=O) groups excluding carboxylic acids is 1. The predicted octanol–water partition coefficient (Wildman–Crippen LogP) is 2.95. The molecule has 0 aliphatic heterocycles. The Morgan fingerprint density at radius 2 is 2.23 bits per heavy atom. The quantitative estimate of drug-likeness (QED) is 0.695. The highest BCUT2D eigenvalue weighted by Gasteiger charge is 2.44. The topological polar surface area (TPSA) is 84.8 Å². The predicted molar refractivity (Wildman–Crippen MR) is 97.8 cm³/mol. The smallest absolute Gasteiger partial charge is 0.226 e. The first-order chi connectivity index (χ1) is 12.4. The number of benzene rings is 1. The van der Waals surface area contributed by atoms with Crippen LogP contribution >= 0.6 is 11.6 Å². The Kier molecular flexibility index (Phi) is 4.11. The standard InChI is InChI=1S/C18H20ClN5O2/c1-18(3-4-18)17(25)20-8-12-5-11-6-14(19)16(7-15(11)22-12)26-10-13-9-21-24(2)23-13/h5-7,9,22H,3-4,8,10H2,1-2H3,(H,20,25). The largest absolute Gasteiger partial charge is 0.486 e. The third-order valence-electron chi connectivity index (χ3n) is 4.74. The van der Waals surface area contributed by atoms with Crippen LogP contribution < -0.4 is 10.1 Å². The van der Waals surface area contributed by atoms with Crippen molar-refractivity contribution in [2.75, 3.05) is 0 Å². The third kappa shape index (κ3) is 3.39. The number of H-pyrrole nitrogens is 1. The summed E-state index contributed by atoms with van der Waals surface area (Å²) in [6, 6.07) is 5.71. The number of aromatic amines is 1. The lowest BCUT2D eigenvalue weighted by molar-refractivity contribution is -0.125. The molecule has 2 heterocycles. The molecule has 7 nitrogen and oxygen atoms in total. The van der Waals surface area contributed by atoms with E-state index in [0.717, 1.165) is 35.1 Å². The number of nitrogens with one attached hydrogen (secondary N) is 2. The molecule has 1 saturated carbocycles. The fourth-order valence-electron chi connectivity index (χ4n) is 2.81. The Balaban J connectivity index is 1.46. The second kappa shape index (κ2) is 6.32. The summed E-state index contributed by atoms with van der Waals surface area (Å²) in [4.78, 5) is 16.9. The SMILES string of the molecule is Cn1ncc(COc2cc3[nH]c(CNC(=O)C4(C)CC4)cc3cc2Cl)n1. The molecular formula is C18H20ClN5O2. The Hall–Kier alpha value is -2.54. The van der Waals surface area contributed by atoms with Crippen molar-refractivity contribution in [2.24, 2.45) is 12.5 Å². The fraction of sp³-hybridized carbons (Fsp3) is 0.389. The Bertz CT molecular complexity index is 973. The molecule has 0 bridgehead atoms. The van der Waals surface area contributed by atoms with E-state index in [4.69, 9.17) is 16.3 Å². The van der Waals surface area contributed by atoms with Gasteiger partial charge in [-0.05, 0) is 25.0 Å². The molecule has 4 rings (SSSR count). The van der Waals surface area contributed by atoms with Crippen molar-refractivity contribution in [1.82, 2.24) is 25.3 Å². The van der Waals surface area contributed by atoms with Gasteiger partial charge in [-0.2, -0.15) is 15.0 Å². The molecule has 0 unspecified atom stereocenters. The van der Waals surface area contributed by atoms with Crippen LogP contribution in [0, 0.1) is 5.41 Å². The molecule has 136 valence electrons. The van der Waals surface area contributed by atoms with Crippen molar-refractivity contribution < 1.29 is 9.53 Å². The highest BCUT2D eigenvalue weighted by atomic mass is 35.5. The molecule has 1 aliphatic carbocycles. The summed E-state index contributed by atoms with van der Waals surface area (Å²) in [5.74, 6) is 0.690. The number of rotatable bonds is 6. The van der Waals surface area contributed by atoms with E-state index >= 15 is 0 Å². The van der Waals surface area contributed by atoms with Crippen LogP contribution in [0.3, 0.4) is 0 Å². The summed E-state index contributed by atoms with van der Waals surface area (Å²) in [6.45, 7) is 2.76. The van der Waals surface area contributed by atoms with Crippen molar-refractivity contribution in [3.05, 3.63) is 40.8 Å². The second-order valence-electron chi connectivity index (χ2n) is 7.02. The number of aromatic nitrogens is 4. The minimum Gasteiger partial charge on any atom is -0.486 e. The van der Waals surface area contributed by atoms with Gasteiger partial charge in [0.15, 0.2) is 0 Å². The Labute approximate surface area is 155 Å². The van der Waals surface area contributed by atoms with Crippen LogP contribution in [-0.4, -0.2) is 25.9 Å². The molecule has 26 heavy (non-hydrogen) atoms. The van der Waals surface area contributed by atoms with E-state index in [0.29, 0.717) is 23.9 Å². The van der Waals surface area contributed by atoms with Gasteiger partial charge >= 0.3 is 0 Å². The zero-order chi connectivity index (χ0) is 18.3. The molecule has 8 heteroatoms. The van der Waals surface area contributed by atoms with Gasteiger partial charge in [-0.25, -0.2) is 0 Å². The van der Waals surface area contributed by atoms with Crippen LogP contribution in [0.5, 0.6) is 5.75 Å². The van der Waals surface area contributed by atoms with Crippen molar-refractivity contribution >= 4 is 28.4 Å². The molecule has 1 aromatic carbocycles. The van der Waals surface area contributed by atoms with E-state index in [2.05, 4.69) is 20.5 Å². The highest BCUT2D eigenvalue weighted by molar-refractivity contribution is 6.32. The molecule has 3 aromatic rings. The van der Waals surface area contributed by atoms with Crippen molar-refractivity contribution in [3.8, 4) is 5.75 Å². The second-order valence-corrected chi connectivity index (χ2v) is 7.43. The molecule has 0 radical (unpaired) electrons. The van der Waals surface area contributed by atoms with E-state index in [1.54, 1.807) is 13.2 Å². The Morgan fingerprint density at radius 1 is 1.42 bits per heavy atom. The number of halogens is 1. The monoisotopic (exact) mass is 373 g/mol. The summed E-state index contributed by atoms with van der Waals surface area (Å²) < 4.78 is 5.77. The first-order valence-corrected chi connectivity index (χ1v) is 8.88. The lowest BCUT2D eigenvalue weighted by Crippen LogP contribution is -2.29. The van der Waals surface area contributed by atoms with E-state index in [1.807, 2.05) is 25.1 Å². The molecular weight excluding hydrogens is 354 g/mol. The molecule has 1 fully saturated rings. The van der Waals surface area contributed by atoms with Crippen LogP contribution in [-0.2, 0) is 25.0 Å². The van der Waals surface area contributed by atoms with E-state index in [-0.39, 0.29) is 11.3 Å². The first-order valence-electron chi connectivity index (χ1n) is 8.50. The number of ether oxygens (including phenoxy) is 1. The van der Waals surface area contributed by atoms with E-state index < -0.39 is 0 Å². The molecule has 1 aliphatic rings. The van der Waals surface area contributed by atoms with Crippen molar-refractivity contribution in [3.63, 3.8) is 0 Å². The first kappa shape index (κ1) is 16.9. The maximum Gasteiger partial charge on any atom is 0.226 e. The third-order valence-corrected chi connectivity index (χ3v) is 5.03. The van der Waals surface area contributed by atoms with Crippen LogP contribution in [0.4, 0.5) is 0 Å². The van der Waals surface area contributed by atoms with Gasteiger partial charge in [0.2, 0.25) is 5.91 Å². The lowest BCUT2D eigenvalue weighted by Gasteiger charge is -2.08. The fourth-order valence-corrected chi connectivity index (χ4v) is 3.03. The summed E-state index contributed by atoms with van der Waals surface area (Å²) in [7, 11) is 1.76. The average molecular weight is 374 g/mol. The molecule has 0 saturated heterocycles. The molecule has 2 aromatic heterocycles. The number of amides is 1. The number of hydrogen-bond acceptors (Lipinski definition) is 4. The summed E-state index contributed by atoms with van der Waals surface area (Å²) in [5, 5.41) is 12.7. The maximum absolute atomic E-state index is 12.1. The van der Waals surface area contributed by atoms with Crippen molar-refractivity contribution in [1.29, 1.82) is 0 Å². The summed E-state index contributed by atoms with van der Waals surface area (Å²) in [6.07, 6.45) is 3.59. The minimum atomic E-state index is -0.170. The summed E-state index contributed by atoms with van der Waals surface area (Å²) >= 11 is 6.33.